The van der Waals surface area contributed by atoms with Gasteiger partial charge in [-0.3, -0.25) is 4.79 Å². The molecule has 1 aliphatic heterocycles. The van der Waals surface area contributed by atoms with E-state index in [0.29, 0.717) is 12.5 Å². The lowest BCUT2D eigenvalue weighted by atomic mass is 10.1. The molecular weight excluding hydrogens is 228 g/mol. The first-order valence-corrected chi connectivity index (χ1v) is 6.53. The predicted octanol–water partition coefficient (Wildman–Crippen LogP) is 2.01. The molecule has 2 rings (SSSR count). The first-order valence-electron chi connectivity index (χ1n) is 6.53. The molecule has 0 spiro atoms. The van der Waals surface area contributed by atoms with Crippen LogP contribution in [0, 0.1) is 26.7 Å². The molecule has 1 aromatic rings. The van der Waals surface area contributed by atoms with Crippen molar-refractivity contribution >= 4 is 5.91 Å². The van der Waals surface area contributed by atoms with Gasteiger partial charge in [0.25, 0.3) is 5.91 Å². The summed E-state index contributed by atoms with van der Waals surface area (Å²) in [5, 5.41) is 0. The summed E-state index contributed by atoms with van der Waals surface area (Å²) >= 11 is 0. The zero-order valence-electron chi connectivity index (χ0n) is 11.6. The summed E-state index contributed by atoms with van der Waals surface area (Å²) in [6, 6.07) is 0.264. The molecular formula is C14H22N2O2. The van der Waals surface area contributed by atoms with Crippen LogP contribution < -0.4 is 5.73 Å². The summed E-state index contributed by atoms with van der Waals surface area (Å²) in [6.45, 7) is 9.20. The second-order valence-electron chi connectivity index (χ2n) is 5.36. The molecule has 2 atom stereocenters. The van der Waals surface area contributed by atoms with E-state index >= 15 is 0 Å². The van der Waals surface area contributed by atoms with E-state index in [1.54, 1.807) is 0 Å². The van der Waals surface area contributed by atoms with E-state index in [0.717, 1.165) is 35.6 Å². The minimum atomic E-state index is 0.0882. The Morgan fingerprint density at radius 2 is 2.06 bits per heavy atom. The molecule has 1 saturated heterocycles. The van der Waals surface area contributed by atoms with Gasteiger partial charge in [0.1, 0.15) is 11.5 Å². The molecule has 1 aliphatic rings. The quantitative estimate of drug-likeness (QED) is 0.873. The number of carbonyl (C=O) groups excluding carboxylic acids is 1. The van der Waals surface area contributed by atoms with Gasteiger partial charge >= 0.3 is 0 Å². The molecule has 0 aliphatic carbocycles. The Bertz CT molecular complexity index is 465. The number of amides is 1. The first-order chi connectivity index (χ1) is 8.45. The molecule has 2 N–H and O–H groups in total. The minimum absolute atomic E-state index is 0.0882. The maximum atomic E-state index is 12.6. The maximum absolute atomic E-state index is 12.6. The van der Waals surface area contributed by atoms with Crippen molar-refractivity contribution in [1.29, 1.82) is 0 Å². The van der Waals surface area contributed by atoms with Gasteiger partial charge in [-0.15, -0.1) is 0 Å². The predicted molar refractivity (Wildman–Crippen MR) is 70.6 cm³/mol. The Kier molecular flexibility index (Phi) is 3.48. The molecule has 2 heterocycles. The smallest absolute Gasteiger partial charge is 0.257 e. The van der Waals surface area contributed by atoms with Gasteiger partial charge in [0.2, 0.25) is 0 Å². The van der Waals surface area contributed by atoms with E-state index < -0.39 is 0 Å². The lowest BCUT2D eigenvalue weighted by molar-refractivity contribution is 0.0741. The van der Waals surface area contributed by atoms with E-state index in [1.165, 1.54) is 0 Å². The van der Waals surface area contributed by atoms with Crippen LogP contribution in [-0.4, -0.2) is 29.9 Å². The Balaban J connectivity index is 2.27. The van der Waals surface area contributed by atoms with Gasteiger partial charge in [0.15, 0.2) is 0 Å². The summed E-state index contributed by atoms with van der Waals surface area (Å²) in [5.74, 6) is 2.07. The van der Waals surface area contributed by atoms with E-state index in [2.05, 4.69) is 6.92 Å². The van der Waals surface area contributed by atoms with Crippen LogP contribution >= 0.6 is 0 Å². The van der Waals surface area contributed by atoms with Crippen molar-refractivity contribution in [2.75, 3.05) is 13.1 Å². The van der Waals surface area contributed by atoms with Gasteiger partial charge < -0.3 is 15.1 Å². The van der Waals surface area contributed by atoms with Crippen molar-refractivity contribution in [3.63, 3.8) is 0 Å². The third kappa shape index (κ3) is 2.05. The summed E-state index contributed by atoms with van der Waals surface area (Å²) in [4.78, 5) is 14.5. The van der Waals surface area contributed by atoms with Gasteiger partial charge in [-0.1, -0.05) is 0 Å². The summed E-state index contributed by atoms with van der Waals surface area (Å²) in [6.07, 6.45) is 0.997. The van der Waals surface area contributed by atoms with E-state index in [9.17, 15) is 4.79 Å². The molecule has 1 aromatic heterocycles. The fourth-order valence-corrected chi connectivity index (χ4v) is 2.85. The lowest BCUT2D eigenvalue weighted by Crippen LogP contribution is -2.35. The van der Waals surface area contributed by atoms with Crippen LogP contribution in [-0.2, 0) is 0 Å². The molecule has 18 heavy (non-hydrogen) atoms. The standard InChI is InChI=1S/C14H22N2O2/c1-8-5-12(6-15)7-16(8)14(17)13-9(2)10(3)18-11(13)4/h8,12H,5-7,15H2,1-4H3. The van der Waals surface area contributed by atoms with E-state index in [-0.39, 0.29) is 11.9 Å². The van der Waals surface area contributed by atoms with Crippen LogP contribution in [0.3, 0.4) is 0 Å². The van der Waals surface area contributed by atoms with Gasteiger partial charge in [-0.05, 0) is 46.6 Å². The van der Waals surface area contributed by atoms with Crippen LogP contribution in [0.4, 0.5) is 0 Å². The number of rotatable bonds is 2. The van der Waals surface area contributed by atoms with Crippen molar-refractivity contribution in [2.45, 2.75) is 40.2 Å². The Labute approximate surface area is 108 Å². The molecule has 4 heteroatoms. The Hall–Kier alpha value is -1.29. The van der Waals surface area contributed by atoms with Gasteiger partial charge in [0, 0.05) is 18.2 Å². The normalized spacial score (nSPS) is 23.7. The van der Waals surface area contributed by atoms with Crippen LogP contribution in [0.5, 0.6) is 0 Å². The van der Waals surface area contributed by atoms with Crippen molar-refractivity contribution < 1.29 is 9.21 Å². The monoisotopic (exact) mass is 250 g/mol. The highest BCUT2D eigenvalue weighted by Crippen LogP contribution is 2.28. The highest BCUT2D eigenvalue weighted by Gasteiger charge is 2.34. The number of nitrogens with two attached hydrogens (primary N) is 1. The number of hydrogen-bond donors (Lipinski definition) is 1. The van der Waals surface area contributed by atoms with E-state index in [1.807, 2.05) is 25.7 Å². The van der Waals surface area contributed by atoms with Crippen molar-refractivity contribution in [1.82, 2.24) is 4.90 Å². The molecule has 4 nitrogen and oxygen atoms in total. The van der Waals surface area contributed by atoms with Gasteiger partial charge in [-0.25, -0.2) is 0 Å². The molecule has 2 unspecified atom stereocenters. The third-order valence-electron chi connectivity index (χ3n) is 4.03. The molecule has 100 valence electrons. The average Bonchev–Trinajstić information content (AvgIpc) is 2.80. The molecule has 0 aromatic carbocycles. The second kappa shape index (κ2) is 4.76. The zero-order chi connectivity index (χ0) is 13.4. The topological polar surface area (TPSA) is 59.5 Å². The second-order valence-corrected chi connectivity index (χ2v) is 5.36. The van der Waals surface area contributed by atoms with E-state index in [4.69, 9.17) is 10.2 Å². The molecule has 0 radical (unpaired) electrons. The van der Waals surface area contributed by atoms with Crippen LogP contribution in [0.1, 0.15) is 40.8 Å². The number of aryl methyl sites for hydroxylation is 2. The van der Waals surface area contributed by atoms with Crippen molar-refractivity contribution in [3.8, 4) is 0 Å². The largest absolute Gasteiger partial charge is 0.466 e. The summed E-state index contributed by atoms with van der Waals surface area (Å²) in [7, 11) is 0. The average molecular weight is 250 g/mol. The summed E-state index contributed by atoms with van der Waals surface area (Å²) in [5.41, 5.74) is 7.40. The lowest BCUT2D eigenvalue weighted by Gasteiger charge is -2.21. The number of nitrogens with zero attached hydrogens (tertiary/aromatic N) is 1. The fraction of sp³-hybridized carbons (Fsp3) is 0.643. The Morgan fingerprint density at radius 1 is 1.39 bits per heavy atom. The molecule has 1 fully saturated rings. The highest BCUT2D eigenvalue weighted by atomic mass is 16.3. The molecule has 0 saturated carbocycles. The molecule has 0 bridgehead atoms. The van der Waals surface area contributed by atoms with Gasteiger partial charge in [-0.2, -0.15) is 0 Å². The zero-order valence-corrected chi connectivity index (χ0v) is 11.6. The number of carbonyl (C=O) groups is 1. The SMILES string of the molecule is Cc1oc(C)c(C(=O)N2CC(CN)CC2C)c1C. The fourth-order valence-electron chi connectivity index (χ4n) is 2.85. The van der Waals surface area contributed by atoms with Crippen molar-refractivity contribution in [3.05, 3.63) is 22.6 Å². The van der Waals surface area contributed by atoms with Crippen molar-refractivity contribution in [2.24, 2.45) is 11.7 Å². The Morgan fingerprint density at radius 3 is 2.50 bits per heavy atom. The summed E-state index contributed by atoms with van der Waals surface area (Å²) < 4.78 is 5.54. The van der Waals surface area contributed by atoms with Crippen LogP contribution in [0.15, 0.2) is 4.42 Å². The highest BCUT2D eigenvalue weighted by molar-refractivity contribution is 5.97. The molecule has 1 amide bonds. The maximum Gasteiger partial charge on any atom is 0.257 e. The number of furan rings is 1. The number of hydrogen-bond acceptors (Lipinski definition) is 3. The van der Waals surface area contributed by atoms with Crippen LogP contribution in [0.25, 0.3) is 0 Å². The first kappa shape index (κ1) is 13.1. The number of likely N-dealkylation sites (tertiary alicyclic amines) is 1. The third-order valence-corrected chi connectivity index (χ3v) is 4.03. The minimum Gasteiger partial charge on any atom is -0.466 e. The van der Waals surface area contributed by atoms with Gasteiger partial charge in [0.05, 0.1) is 5.56 Å². The van der Waals surface area contributed by atoms with Crippen LogP contribution in [0.2, 0.25) is 0 Å².